The Bertz CT molecular complexity index is 1150. The maximum atomic E-state index is 12.8. The van der Waals surface area contributed by atoms with E-state index in [-0.39, 0.29) is 31.1 Å². The van der Waals surface area contributed by atoms with Gasteiger partial charge in [0.05, 0.1) is 0 Å². The molecule has 0 saturated heterocycles. The van der Waals surface area contributed by atoms with Gasteiger partial charge >= 0.3 is 17.9 Å². The molecule has 63 heavy (non-hydrogen) atoms. The zero-order valence-electron chi connectivity index (χ0n) is 41.6. The van der Waals surface area contributed by atoms with E-state index in [1.165, 1.54) is 141 Å². The fourth-order valence-electron chi connectivity index (χ4n) is 7.57. The summed E-state index contributed by atoms with van der Waals surface area (Å²) in [5, 5.41) is 0. The maximum Gasteiger partial charge on any atom is 0.306 e. The second-order valence-electron chi connectivity index (χ2n) is 17.9. The van der Waals surface area contributed by atoms with Gasteiger partial charge in [0.15, 0.2) is 6.10 Å². The van der Waals surface area contributed by atoms with Crippen LogP contribution in [0.3, 0.4) is 0 Å². The molecule has 6 heteroatoms. The predicted molar refractivity (Wildman–Crippen MR) is 270 cm³/mol. The van der Waals surface area contributed by atoms with Crippen LogP contribution in [0.5, 0.6) is 0 Å². The van der Waals surface area contributed by atoms with Crippen LogP contribution >= 0.6 is 0 Å². The number of unbranched alkanes of at least 4 members (excludes halogenated alkanes) is 30. The van der Waals surface area contributed by atoms with Crippen molar-refractivity contribution in [1.29, 1.82) is 0 Å². The minimum atomic E-state index is -0.784. The van der Waals surface area contributed by atoms with Gasteiger partial charge in [-0.05, 0) is 64.2 Å². The monoisotopic (exact) mass is 881 g/mol. The van der Waals surface area contributed by atoms with Crippen LogP contribution in [-0.4, -0.2) is 37.2 Å². The largest absolute Gasteiger partial charge is 0.462 e. The summed E-state index contributed by atoms with van der Waals surface area (Å²) in [6, 6.07) is 0. The van der Waals surface area contributed by atoms with Crippen LogP contribution in [-0.2, 0) is 28.6 Å². The average Bonchev–Trinajstić information content (AvgIpc) is 3.28. The van der Waals surface area contributed by atoms with Crippen molar-refractivity contribution in [3.05, 3.63) is 60.8 Å². The molecule has 0 aromatic heterocycles. The van der Waals surface area contributed by atoms with Gasteiger partial charge in [-0.1, -0.05) is 242 Å². The summed E-state index contributed by atoms with van der Waals surface area (Å²) < 4.78 is 16.8. The van der Waals surface area contributed by atoms with E-state index in [0.29, 0.717) is 19.3 Å². The van der Waals surface area contributed by atoms with E-state index in [2.05, 4.69) is 63.3 Å². The summed E-state index contributed by atoms with van der Waals surface area (Å²) in [7, 11) is 0. The van der Waals surface area contributed by atoms with Crippen molar-refractivity contribution < 1.29 is 28.6 Å². The van der Waals surface area contributed by atoms with E-state index < -0.39 is 6.10 Å². The van der Waals surface area contributed by atoms with Gasteiger partial charge < -0.3 is 14.2 Å². The van der Waals surface area contributed by atoms with Crippen LogP contribution < -0.4 is 0 Å². The summed E-state index contributed by atoms with van der Waals surface area (Å²) in [5.41, 5.74) is 0. The number of ether oxygens (including phenoxy) is 3. The number of hydrogen-bond donors (Lipinski definition) is 0. The van der Waals surface area contributed by atoms with Gasteiger partial charge in [-0.15, -0.1) is 0 Å². The smallest absolute Gasteiger partial charge is 0.306 e. The Hall–Kier alpha value is -2.89. The molecule has 364 valence electrons. The SMILES string of the molecule is CC\C=C/C=C\C=C/C=C\CCCCCCCC(=O)OCC(COC(=O)CCCCCCCCCCCCCCCCC)OC(=O)CCCCCCCCC/C=C\CCCCCC. The van der Waals surface area contributed by atoms with E-state index in [0.717, 1.165) is 83.5 Å². The average molecular weight is 881 g/mol. The van der Waals surface area contributed by atoms with Gasteiger partial charge in [0.25, 0.3) is 0 Å². The molecule has 6 nitrogen and oxygen atoms in total. The lowest BCUT2D eigenvalue weighted by molar-refractivity contribution is -0.167. The summed E-state index contributed by atoms with van der Waals surface area (Å²) in [5.74, 6) is -0.902. The molecule has 0 rings (SSSR count). The van der Waals surface area contributed by atoms with Crippen LogP contribution in [0, 0.1) is 0 Å². The van der Waals surface area contributed by atoms with Crippen molar-refractivity contribution in [2.45, 2.75) is 271 Å². The van der Waals surface area contributed by atoms with Gasteiger partial charge in [0, 0.05) is 19.3 Å². The highest BCUT2D eigenvalue weighted by Crippen LogP contribution is 2.16. The minimum Gasteiger partial charge on any atom is -0.462 e. The first-order valence-corrected chi connectivity index (χ1v) is 26.8. The molecule has 0 spiro atoms. The second-order valence-corrected chi connectivity index (χ2v) is 17.9. The summed E-state index contributed by atoms with van der Waals surface area (Å²) in [4.78, 5) is 38.0. The number of hydrogen-bond acceptors (Lipinski definition) is 6. The zero-order valence-corrected chi connectivity index (χ0v) is 41.6. The number of esters is 3. The first-order chi connectivity index (χ1) is 31.0. The maximum absolute atomic E-state index is 12.8. The molecule has 0 bridgehead atoms. The van der Waals surface area contributed by atoms with Crippen LogP contribution in [0.4, 0.5) is 0 Å². The highest BCUT2D eigenvalue weighted by Gasteiger charge is 2.19. The van der Waals surface area contributed by atoms with Crippen LogP contribution in [0.25, 0.3) is 0 Å². The number of rotatable bonds is 48. The molecule has 0 fully saturated rings. The molecule has 0 heterocycles. The van der Waals surface area contributed by atoms with Crippen LogP contribution in [0.15, 0.2) is 60.8 Å². The molecular weight excluding hydrogens is 781 g/mol. The van der Waals surface area contributed by atoms with Gasteiger partial charge in [0.2, 0.25) is 0 Å². The molecular formula is C57H100O6. The van der Waals surface area contributed by atoms with Crippen molar-refractivity contribution >= 4 is 17.9 Å². The highest BCUT2D eigenvalue weighted by atomic mass is 16.6. The molecule has 0 radical (unpaired) electrons. The Labute approximate surface area is 390 Å². The third kappa shape index (κ3) is 50.0. The van der Waals surface area contributed by atoms with Crippen LogP contribution in [0.2, 0.25) is 0 Å². The molecule has 1 unspecified atom stereocenters. The predicted octanol–water partition coefficient (Wildman–Crippen LogP) is 17.6. The lowest BCUT2D eigenvalue weighted by Gasteiger charge is -2.18. The summed E-state index contributed by atoms with van der Waals surface area (Å²) in [6.07, 6.45) is 63.4. The number of carbonyl (C=O) groups is 3. The molecule has 0 N–H and O–H groups in total. The zero-order chi connectivity index (χ0) is 45.8. The lowest BCUT2D eigenvalue weighted by Crippen LogP contribution is -2.30. The molecule has 0 saturated carbocycles. The fourth-order valence-corrected chi connectivity index (χ4v) is 7.57. The van der Waals surface area contributed by atoms with E-state index >= 15 is 0 Å². The normalized spacial score (nSPS) is 12.5. The van der Waals surface area contributed by atoms with Crippen LogP contribution in [0.1, 0.15) is 265 Å². The Morgan fingerprint density at radius 2 is 0.635 bits per heavy atom. The Morgan fingerprint density at radius 1 is 0.333 bits per heavy atom. The molecule has 0 amide bonds. The van der Waals surface area contributed by atoms with Gasteiger partial charge in [-0.3, -0.25) is 14.4 Å². The lowest BCUT2D eigenvalue weighted by atomic mass is 10.0. The number of allylic oxidation sites excluding steroid dienone is 10. The Balaban J connectivity index is 4.41. The molecule has 0 aliphatic rings. The number of carbonyl (C=O) groups excluding carboxylic acids is 3. The van der Waals surface area contributed by atoms with Crippen molar-refractivity contribution in [1.82, 2.24) is 0 Å². The minimum absolute atomic E-state index is 0.0815. The first kappa shape index (κ1) is 60.1. The summed E-state index contributed by atoms with van der Waals surface area (Å²) in [6.45, 7) is 6.48. The topological polar surface area (TPSA) is 78.9 Å². The van der Waals surface area contributed by atoms with Crippen molar-refractivity contribution in [3.63, 3.8) is 0 Å². The van der Waals surface area contributed by atoms with E-state index in [9.17, 15) is 14.4 Å². The quantitative estimate of drug-likeness (QED) is 0.0199. The summed E-state index contributed by atoms with van der Waals surface area (Å²) >= 11 is 0. The molecule has 0 aromatic rings. The molecule has 0 aliphatic heterocycles. The molecule has 0 aliphatic carbocycles. The second kappa shape index (κ2) is 51.7. The molecule has 0 aromatic carbocycles. The standard InChI is InChI=1S/C57H100O6/c1-4-7-10-13-16-19-22-25-28-31-34-37-40-43-46-49-55(58)61-52-54(63-57(60)51-48-45-42-39-36-33-30-27-24-21-18-15-12-9-6-3)53-62-56(59)50-47-44-41-38-35-32-29-26-23-20-17-14-11-8-5-2/h7,10,13,16,19,21-22,24-25,28,54H,4-6,8-9,11-12,14-15,17-18,20,23,26-27,29-53H2,1-3H3/b10-7-,16-13-,22-19-,24-21-,28-25-. The Kier molecular flexibility index (Phi) is 49.4. The first-order valence-electron chi connectivity index (χ1n) is 26.8. The van der Waals surface area contributed by atoms with Gasteiger partial charge in [0.1, 0.15) is 13.2 Å². The van der Waals surface area contributed by atoms with Crippen molar-refractivity contribution in [2.75, 3.05) is 13.2 Å². The molecule has 1 atom stereocenters. The van der Waals surface area contributed by atoms with E-state index in [4.69, 9.17) is 14.2 Å². The van der Waals surface area contributed by atoms with Crippen molar-refractivity contribution in [3.8, 4) is 0 Å². The van der Waals surface area contributed by atoms with E-state index in [1.54, 1.807) is 0 Å². The highest BCUT2D eigenvalue weighted by molar-refractivity contribution is 5.71. The van der Waals surface area contributed by atoms with Crippen molar-refractivity contribution in [2.24, 2.45) is 0 Å². The van der Waals surface area contributed by atoms with Gasteiger partial charge in [-0.25, -0.2) is 0 Å². The third-order valence-electron chi connectivity index (χ3n) is 11.6. The fraction of sp³-hybridized carbons (Fsp3) is 0.772. The van der Waals surface area contributed by atoms with Gasteiger partial charge in [-0.2, -0.15) is 0 Å². The Morgan fingerprint density at radius 3 is 1.03 bits per heavy atom. The third-order valence-corrected chi connectivity index (χ3v) is 11.6. The van der Waals surface area contributed by atoms with E-state index in [1.807, 2.05) is 18.2 Å².